The van der Waals surface area contributed by atoms with Crippen LogP contribution in [-0.4, -0.2) is 29.4 Å². The van der Waals surface area contributed by atoms with Gasteiger partial charge in [-0.05, 0) is 14.1 Å². The molecule has 0 aromatic heterocycles. The maximum atomic E-state index is 3.23. The average molecular weight is 146 g/mol. The second kappa shape index (κ2) is 4.96. The summed E-state index contributed by atoms with van der Waals surface area (Å²) in [7, 11) is 4.06. The van der Waals surface area contributed by atoms with Crippen LogP contribution in [0, 0.1) is 0 Å². The summed E-state index contributed by atoms with van der Waals surface area (Å²) in [6.07, 6.45) is 0. The van der Waals surface area contributed by atoms with Crippen molar-refractivity contribution < 1.29 is 0 Å². The molecule has 0 saturated heterocycles. The van der Waals surface area contributed by atoms with Crippen LogP contribution in [0.4, 0.5) is 0 Å². The van der Waals surface area contributed by atoms with Crippen LogP contribution in [-0.2, 0) is 0 Å². The van der Waals surface area contributed by atoms with Gasteiger partial charge in [0.25, 0.3) is 0 Å². The highest BCUT2D eigenvalue weighted by molar-refractivity contribution is 6.39. The van der Waals surface area contributed by atoms with Crippen molar-refractivity contribution in [3.8, 4) is 0 Å². The highest BCUT2D eigenvalue weighted by Gasteiger charge is 2.04. The molecule has 0 spiro atoms. The summed E-state index contributed by atoms with van der Waals surface area (Å²) >= 11 is 0. The van der Waals surface area contributed by atoms with E-state index in [0.29, 0.717) is 5.79 Å². The van der Waals surface area contributed by atoms with E-state index in [1.54, 1.807) is 0 Å². The summed E-state index contributed by atoms with van der Waals surface area (Å²) < 4.78 is 0. The molecule has 0 aliphatic heterocycles. The molecular formula is C6H18N2Si. The highest BCUT2D eigenvalue weighted by Crippen LogP contribution is 1.96. The number of nitrogens with one attached hydrogen (secondary N) is 2. The van der Waals surface area contributed by atoms with Crippen molar-refractivity contribution >= 4 is 9.52 Å². The van der Waals surface area contributed by atoms with Crippen LogP contribution in [0.25, 0.3) is 0 Å². The molecule has 0 unspecified atom stereocenters. The topological polar surface area (TPSA) is 24.1 Å². The summed E-state index contributed by atoms with van der Waals surface area (Å²) in [4.78, 5) is 0. The normalized spacial score (nSPS) is 12.7. The molecule has 0 aliphatic rings. The molecule has 0 amide bonds. The Morgan fingerprint density at radius 1 is 1.11 bits per heavy atom. The van der Waals surface area contributed by atoms with Gasteiger partial charge in [-0.1, -0.05) is 19.4 Å². The Labute approximate surface area is 60.2 Å². The molecule has 0 rings (SSSR count). The van der Waals surface area contributed by atoms with Gasteiger partial charge in [0.15, 0.2) is 0 Å². The number of rotatable bonds is 4. The van der Waals surface area contributed by atoms with E-state index in [1.165, 1.54) is 0 Å². The van der Waals surface area contributed by atoms with Gasteiger partial charge in [-0.15, -0.1) is 0 Å². The van der Waals surface area contributed by atoms with Crippen LogP contribution >= 0.6 is 0 Å². The van der Waals surface area contributed by atoms with Crippen molar-refractivity contribution in [2.75, 3.05) is 14.1 Å². The van der Waals surface area contributed by atoms with Gasteiger partial charge in [-0.3, -0.25) is 0 Å². The second-order valence-corrected chi connectivity index (χ2v) is 5.68. The minimum Gasteiger partial charge on any atom is -0.308 e. The first-order valence-corrected chi connectivity index (χ1v) is 5.18. The monoisotopic (exact) mass is 146 g/mol. The molecule has 0 aromatic carbocycles. The lowest BCUT2D eigenvalue weighted by Crippen LogP contribution is -2.43. The zero-order chi connectivity index (χ0) is 7.28. The zero-order valence-corrected chi connectivity index (χ0v) is 8.28. The van der Waals surface area contributed by atoms with Crippen LogP contribution in [0.3, 0.4) is 0 Å². The molecule has 2 nitrogen and oxygen atoms in total. The summed E-state index contributed by atoms with van der Waals surface area (Å²) in [6.45, 7) is 4.57. The van der Waals surface area contributed by atoms with Gasteiger partial charge in [0.05, 0.1) is 9.52 Å². The minimum atomic E-state index is 0.0378. The quantitative estimate of drug-likeness (QED) is 0.420. The summed E-state index contributed by atoms with van der Waals surface area (Å²) in [5.74, 6) is 0.616. The lowest BCUT2D eigenvalue weighted by molar-refractivity contribution is 0.629. The Bertz CT molecular complexity index is 62.1. The molecule has 0 heterocycles. The first-order chi connectivity index (χ1) is 4.20. The van der Waals surface area contributed by atoms with Gasteiger partial charge in [-0.25, -0.2) is 0 Å². The van der Waals surface area contributed by atoms with Gasteiger partial charge in [0.1, 0.15) is 0 Å². The van der Waals surface area contributed by atoms with Gasteiger partial charge in [-0.2, -0.15) is 0 Å². The smallest absolute Gasteiger partial charge is 0.0611 e. The van der Waals surface area contributed by atoms with Gasteiger partial charge in [0.2, 0.25) is 0 Å². The Hall–Kier alpha value is 0.137. The van der Waals surface area contributed by atoms with E-state index in [1.807, 2.05) is 14.1 Å². The van der Waals surface area contributed by atoms with Crippen LogP contribution in [0.2, 0.25) is 5.54 Å². The maximum absolute atomic E-state index is 3.23. The van der Waals surface area contributed by atoms with Crippen molar-refractivity contribution in [1.29, 1.82) is 0 Å². The lowest BCUT2D eigenvalue weighted by atomic mass is 10.6. The molecular weight excluding hydrogens is 128 g/mol. The molecule has 0 aliphatic carbocycles. The second-order valence-electron chi connectivity index (χ2n) is 2.76. The summed E-state index contributed by atoms with van der Waals surface area (Å²) in [5, 5.41) is 6.47. The SMILES string of the molecule is CNC(NC)[SiH2]C(C)C. The minimum absolute atomic E-state index is 0.0378. The molecule has 0 aromatic rings. The Balaban J connectivity index is 3.31. The highest BCUT2D eigenvalue weighted by atomic mass is 28.2. The number of hydrogen-bond acceptors (Lipinski definition) is 2. The molecule has 2 N–H and O–H groups in total. The van der Waals surface area contributed by atoms with E-state index >= 15 is 0 Å². The number of hydrogen-bond donors (Lipinski definition) is 2. The van der Waals surface area contributed by atoms with E-state index in [9.17, 15) is 0 Å². The van der Waals surface area contributed by atoms with Gasteiger partial charge >= 0.3 is 0 Å². The molecule has 0 atom stereocenters. The van der Waals surface area contributed by atoms with Crippen LogP contribution in [0.15, 0.2) is 0 Å². The van der Waals surface area contributed by atoms with E-state index in [0.717, 1.165) is 5.54 Å². The fourth-order valence-corrected chi connectivity index (χ4v) is 2.27. The average Bonchev–Trinajstić information content (AvgIpc) is 1.82. The summed E-state index contributed by atoms with van der Waals surface area (Å²) in [6, 6.07) is 0. The standard InChI is InChI=1S/C6H18N2Si/c1-5(2)9-6(7-3)8-4/h5-8H,9H2,1-4H3. The fourth-order valence-electron chi connectivity index (χ4n) is 0.851. The molecule has 56 valence electrons. The first kappa shape index (κ1) is 9.14. The van der Waals surface area contributed by atoms with Crippen molar-refractivity contribution in [3.05, 3.63) is 0 Å². The predicted molar refractivity (Wildman–Crippen MR) is 45.5 cm³/mol. The Morgan fingerprint density at radius 3 is 1.67 bits per heavy atom. The van der Waals surface area contributed by atoms with E-state index < -0.39 is 0 Å². The molecule has 9 heavy (non-hydrogen) atoms. The largest absolute Gasteiger partial charge is 0.308 e. The Kier molecular flexibility index (Phi) is 5.04. The molecule has 0 fully saturated rings. The van der Waals surface area contributed by atoms with Gasteiger partial charge < -0.3 is 10.6 Å². The third-order valence-corrected chi connectivity index (χ3v) is 3.63. The predicted octanol–water partition coefficient (Wildman–Crippen LogP) is -0.294. The van der Waals surface area contributed by atoms with Crippen molar-refractivity contribution in [3.63, 3.8) is 0 Å². The van der Waals surface area contributed by atoms with Crippen LogP contribution in [0.5, 0.6) is 0 Å². The molecule has 0 saturated carbocycles. The van der Waals surface area contributed by atoms with E-state index in [-0.39, 0.29) is 9.52 Å². The third kappa shape index (κ3) is 4.63. The molecule has 0 radical (unpaired) electrons. The van der Waals surface area contributed by atoms with Crippen molar-refractivity contribution in [2.45, 2.75) is 25.2 Å². The van der Waals surface area contributed by atoms with E-state index in [2.05, 4.69) is 24.5 Å². The zero-order valence-electron chi connectivity index (χ0n) is 6.86. The van der Waals surface area contributed by atoms with Crippen molar-refractivity contribution in [2.24, 2.45) is 0 Å². The molecule has 0 bridgehead atoms. The maximum Gasteiger partial charge on any atom is 0.0611 e. The fraction of sp³-hybridized carbons (Fsp3) is 1.00. The summed E-state index contributed by atoms with van der Waals surface area (Å²) in [5.41, 5.74) is 0.898. The third-order valence-electron chi connectivity index (χ3n) is 1.40. The van der Waals surface area contributed by atoms with Gasteiger partial charge in [0, 0.05) is 5.79 Å². The lowest BCUT2D eigenvalue weighted by Gasteiger charge is -2.15. The van der Waals surface area contributed by atoms with Crippen LogP contribution < -0.4 is 10.6 Å². The first-order valence-electron chi connectivity index (χ1n) is 3.55. The van der Waals surface area contributed by atoms with Crippen molar-refractivity contribution in [1.82, 2.24) is 10.6 Å². The van der Waals surface area contributed by atoms with Crippen LogP contribution in [0.1, 0.15) is 13.8 Å². The Morgan fingerprint density at radius 2 is 1.56 bits per heavy atom. The molecule has 3 heteroatoms. The van der Waals surface area contributed by atoms with E-state index in [4.69, 9.17) is 0 Å².